The Morgan fingerprint density at radius 3 is 2.48 bits per heavy atom. The first-order chi connectivity index (χ1) is 10.3. The van der Waals surface area contributed by atoms with E-state index in [0.717, 1.165) is 27.0 Å². The predicted molar refractivity (Wildman–Crippen MR) is 88.1 cm³/mol. The van der Waals surface area contributed by atoms with Crippen LogP contribution in [0.4, 0.5) is 0 Å². The molecular formula is C18H14BrNO. The predicted octanol–water partition coefficient (Wildman–Crippen LogP) is 5.09. The van der Waals surface area contributed by atoms with Crippen molar-refractivity contribution in [1.82, 2.24) is 4.98 Å². The molecule has 0 unspecified atom stereocenters. The summed E-state index contributed by atoms with van der Waals surface area (Å²) in [5.74, 6) is 0.836. The summed E-state index contributed by atoms with van der Waals surface area (Å²) in [6.07, 6.45) is 1.79. The third-order valence-corrected chi connectivity index (χ3v) is 3.82. The largest absolute Gasteiger partial charge is 0.489 e. The molecule has 0 saturated heterocycles. The number of nitrogens with zero attached hydrogens (tertiary/aromatic N) is 1. The highest BCUT2D eigenvalue weighted by molar-refractivity contribution is 9.10. The van der Waals surface area contributed by atoms with Gasteiger partial charge in [0, 0.05) is 16.2 Å². The average molecular weight is 340 g/mol. The van der Waals surface area contributed by atoms with E-state index in [1.165, 1.54) is 0 Å². The lowest BCUT2D eigenvalue weighted by atomic mass is 10.1. The SMILES string of the molecule is Brc1ccc(OCc2ccccc2)cc1-c1ccccn1. The number of halogens is 1. The van der Waals surface area contributed by atoms with Crippen LogP contribution < -0.4 is 4.74 Å². The molecule has 0 fully saturated rings. The van der Waals surface area contributed by atoms with E-state index in [9.17, 15) is 0 Å². The van der Waals surface area contributed by atoms with E-state index in [2.05, 4.69) is 33.0 Å². The van der Waals surface area contributed by atoms with Crippen LogP contribution in [-0.2, 0) is 6.61 Å². The molecule has 0 saturated carbocycles. The summed E-state index contributed by atoms with van der Waals surface area (Å²) in [5.41, 5.74) is 3.11. The Morgan fingerprint density at radius 1 is 0.905 bits per heavy atom. The van der Waals surface area contributed by atoms with Crippen molar-refractivity contribution < 1.29 is 4.74 Å². The number of ether oxygens (including phenoxy) is 1. The monoisotopic (exact) mass is 339 g/mol. The van der Waals surface area contributed by atoms with E-state index >= 15 is 0 Å². The first-order valence-corrected chi connectivity index (χ1v) is 7.50. The van der Waals surface area contributed by atoms with E-state index < -0.39 is 0 Å². The van der Waals surface area contributed by atoms with Gasteiger partial charge in [-0.15, -0.1) is 0 Å². The van der Waals surface area contributed by atoms with Gasteiger partial charge in [-0.3, -0.25) is 4.98 Å². The van der Waals surface area contributed by atoms with Crippen LogP contribution >= 0.6 is 15.9 Å². The maximum Gasteiger partial charge on any atom is 0.120 e. The number of pyridine rings is 1. The molecule has 0 aliphatic heterocycles. The van der Waals surface area contributed by atoms with Crippen LogP contribution in [0, 0.1) is 0 Å². The van der Waals surface area contributed by atoms with Gasteiger partial charge < -0.3 is 4.74 Å². The van der Waals surface area contributed by atoms with E-state index in [1.54, 1.807) is 6.20 Å². The van der Waals surface area contributed by atoms with Crippen molar-refractivity contribution in [3.8, 4) is 17.0 Å². The van der Waals surface area contributed by atoms with Crippen LogP contribution in [0.1, 0.15) is 5.56 Å². The van der Waals surface area contributed by atoms with Crippen molar-refractivity contribution in [2.75, 3.05) is 0 Å². The first kappa shape index (κ1) is 13.8. The third kappa shape index (κ3) is 3.50. The fourth-order valence-electron chi connectivity index (χ4n) is 2.05. The van der Waals surface area contributed by atoms with E-state index in [4.69, 9.17) is 4.74 Å². The summed E-state index contributed by atoms with van der Waals surface area (Å²) in [5, 5.41) is 0. The number of rotatable bonds is 4. The quantitative estimate of drug-likeness (QED) is 0.660. The zero-order chi connectivity index (χ0) is 14.5. The van der Waals surface area contributed by atoms with Gasteiger partial charge in [-0.1, -0.05) is 52.3 Å². The minimum Gasteiger partial charge on any atom is -0.489 e. The molecule has 0 aliphatic rings. The van der Waals surface area contributed by atoms with Gasteiger partial charge in [0.05, 0.1) is 5.69 Å². The molecule has 0 N–H and O–H groups in total. The normalized spacial score (nSPS) is 10.3. The van der Waals surface area contributed by atoms with Gasteiger partial charge in [0.15, 0.2) is 0 Å². The maximum absolute atomic E-state index is 5.86. The topological polar surface area (TPSA) is 22.1 Å². The van der Waals surface area contributed by atoms with Crippen LogP contribution in [0.15, 0.2) is 77.4 Å². The number of aromatic nitrogens is 1. The minimum absolute atomic E-state index is 0.560. The lowest BCUT2D eigenvalue weighted by Crippen LogP contribution is -1.95. The number of hydrogen-bond acceptors (Lipinski definition) is 2. The Labute approximate surface area is 132 Å². The molecule has 0 bridgehead atoms. The van der Waals surface area contributed by atoms with E-state index in [1.807, 2.05) is 54.6 Å². The Bertz CT molecular complexity index is 714. The molecule has 3 heteroatoms. The number of hydrogen-bond donors (Lipinski definition) is 0. The van der Waals surface area contributed by atoms with Crippen molar-refractivity contribution >= 4 is 15.9 Å². The molecule has 21 heavy (non-hydrogen) atoms. The fourth-order valence-corrected chi connectivity index (χ4v) is 2.50. The highest BCUT2D eigenvalue weighted by Gasteiger charge is 2.06. The summed E-state index contributed by atoms with van der Waals surface area (Å²) in [6.45, 7) is 0.560. The molecule has 3 aromatic rings. The minimum atomic E-state index is 0.560. The first-order valence-electron chi connectivity index (χ1n) is 6.70. The van der Waals surface area contributed by atoms with Gasteiger partial charge >= 0.3 is 0 Å². The standard InChI is InChI=1S/C18H14BrNO/c19-17-10-9-15(21-13-14-6-2-1-3-7-14)12-16(17)18-8-4-5-11-20-18/h1-12H,13H2. The van der Waals surface area contributed by atoms with Crippen molar-refractivity contribution in [2.24, 2.45) is 0 Å². The Balaban J connectivity index is 1.81. The van der Waals surface area contributed by atoms with Crippen molar-refractivity contribution in [1.29, 1.82) is 0 Å². The van der Waals surface area contributed by atoms with E-state index in [-0.39, 0.29) is 0 Å². The van der Waals surface area contributed by atoms with Crippen LogP contribution in [0.2, 0.25) is 0 Å². The highest BCUT2D eigenvalue weighted by atomic mass is 79.9. The molecule has 2 nitrogen and oxygen atoms in total. The summed E-state index contributed by atoms with van der Waals surface area (Å²) in [7, 11) is 0. The Morgan fingerprint density at radius 2 is 1.71 bits per heavy atom. The third-order valence-electron chi connectivity index (χ3n) is 3.13. The van der Waals surface area contributed by atoms with Gasteiger partial charge in [0.2, 0.25) is 0 Å². The van der Waals surface area contributed by atoms with Gasteiger partial charge in [0.25, 0.3) is 0 Å². The van der Waals surface area contributed by atoms with Crippen LogP contribution in [0.5, 0.6) is 5.75 Å². The zero-order valence-electron chi connectivity index (χ0n) is 11.4. The molecule has 0 atom stereocenters. The molecule has 2 aromatic carbocycles. The van der Waals surface area contributed by atoms with Crippen LogP contribution in [0.25, 0.3) is 11.3 Å². The lowest BCUT2D eigenvalue weighted by molar-refractivity contribution is 0.306. The molecule has 0 radical (unpaired) electrons. The molecule has 104 valence electrons. The molecule has 1 heterocycles. The molecule has 0 aliphatic carbocycles. The zero-order valence-corrected chi connectivity index (χ0v) is 13.0. The van der Waals surface area contributed by atoms with E-state index in [0.29, 0.717) is 6.61 Å². The van der Waals surface area contributed by atoms with Crippen molar-refractivity contribution in [3.63, 3.8) is 0 Å². The summed E-state index contributed by atoms with van der Waals surface area (Å²) in [6, 6.07) is 22.0. The van der Waals surface area contributed by atoms with Crippen LogP contribution in [0.3, 0.4) is 0 Å². The summed E-state index contributed by atoms with van der Waals surface area (Å²) >= 11 is 3.57. The van der Waals surface area contributed by atoms with Gasteiger partial charge in [-0.05, 0) is 35.9 Å². The van der Waals surface area contributed by atoms with Crippen LogP contribution in [-0.4, -0.2) is 4.98 Å². The second-order valence-corrected chi connectivity index (χ2v) is 5.49. The van der Waals surface area contributed by atoms with Gasteiger partial charge in [-0.2, -0.15) is 0 Å². The maximum atomic E-state index is 5.86. The van der Waals surface area contributed by atoms with Gasteiger partial charge in [0.1, 0.15) is 12.4 Å². The summed E-state index contributed by atoms with van der Waals surface area (Å²) < 4.78 is 6.87. The average Bonchev–Trinajstić information content (AvgIpc) is 2.56. The second-order valence-electron chi connectivity index (χ2n) is 4.63. The molecular weight excluding hydrogens is 326 g/mol. The fraction of sp³-hybridized carbons (Fsp3) is 0.0556. The van der Waals surface area contributed by atoms with Crippen molar-refractivity contribution in [3.05, 3.63) is 83.0 Å². The second kappa shape index (κ2) is 6.55. The molecule has 3 rings (SSSR count). The Kier molecular flexibility index (Phi) is 4.31. The van der Waals surface area contributed by atoms with Gasteiger partial charge in [-0.25, -0.2) is 0 Å². The molecule has 0 amide bonds. The lowest BCUT2D eigenvalue weighted by Gasteiger charge is -2.09. The smallest absolute Gasteiger partial charge is 0.120 e. The summed E-state index contributed by atoms with van der Waals surface area (Å²) in [4.78, 5) is 4.38. The molecule has 0 spiro atoms. The molecule has 1 aromatic heterocycles. The highest BCUT2D eigenvalue weighted by Crippen LogP contribution is 2.30. The van der Waals surface area contributed by atoms with Crippen molar-refractivity contribution in [2.45, 2.75) is 6.61 Å². The number of benzene rings is 2. The Hall–Kier alpha value is -2.13.